The van der Waals surface area contributed by atoms with E-state index in [4.69, 9.17) is 11.6 Å². The zero-order chi connectivity index (χ0) is 15.4. The number of nitrogens with one attached hydrogen (secondary N) is 1. The molecule has 0 saturated carbocycles. The molecule has 1 saturated heterocycles. The van der Waals surface area contributed by atoms with Crippen molar-refractivity contribution in [3.63, 3.8) is 0 Å². The van der Waals surface area contributed by atoms with Gasteiger partial charge in [-0.25, -0.2) is 4.98 Å². The van der Waals surface area contributed by atoms with Crippen molar-refractivity contribution in [2.75, 3.05) is 25.0 Å². The van der Waals surface area contributed by atoms with E-state index in [2.05, 4.69) is 31.1 Å². The third-order valence-electron chi connectivity index (χ3n) is 3.34. The summed E-state index contributed by atoms with van der Waals surface area (Å²) in [5.74, 6) is 0.663. The molecule has 1 aliphatic heterocycles. The second-order valence-corrected chi connectivity index (χ2v) is 7.74. The number of hydrogen-bond donors (Lipinski definition) is 1. The molecule has 1 fully saturated rings. The molecule has 2 rings (SSSR count). The van der Waals surface area contributed by atoms with Crippen LogP contribution in [0.2, 0.25) is 5.02 Å². The predicted molar refractivity (Wildman–Crippen MR) is 90.4 cm³/mol. The van der Waals surface area contributed by atoms with Crippen molar-refractivity contribution in [2.24, 2.45) is 0 Å². The Kier molecular flexibility index (Phi) is 5.76. The van der Waals surface area contributed by atoms with E-state index in [9.17, 15) is 4.79 Å². The Morgan fingerprint density at radius 2 is 2.14 bits per heavy atom. The van der Waals surface area contributed by atoms with Crippen molar-refractivity contribution >= 4 is 35.1 Å². The Morgan fingerprint density at radius 1 is 1.48 bits per heavy atom. The fraction of sp³-hybridized carbons (Fsp3) is 0.600. The Bertz CT molecular complexity index is 502. The van der Waals surface area contributed by atoms with Crippen molar-refractivity contribution in [1.82, 2.24) is 9.88 Å². The summed E-state index contributed by atoms with van der Waals surface area (Å²) in [4.78, 5) is 18.7. The maximum absolute atomic E-state index is 12.6. The van der Waals surface area contributed by atoms with Crippen LogP contribution in [0.25, 0.3) is 0 Å². The highest BCUT2D eigenvalue weighted by atomic mass is 35.5. The average molecular weight is 328 g/mol. The van der Waals surface area contributed by atoms with E-state index < -0.39 is 0 Å². The summed E-state index contributed by atoms with van der Waals surface area (Å²) in [5.41, 5.74) is 0.563. The number of anilines is 1. The summed E-state index contributed by atoms with van der Waals surface area (Å²) in [6, 6.07) is 1.71. The minimum absolute atomic E-state index is 0.0189. The lowest BCUT2D eigenvalue weighted by molar-refractivity contribution is 0.0753. The Labute approximate surface area is 135 Å². The summed E-state index contributed by atoms with van der Waals surface area (Å²) >= 11 is 8.13. The number of rotatable bonds is 4. The van der Waals surface area contributed by atoms with Gasteiger partial charge in [0.2, 0.25) is 0 Å². The largest absolute Gasteiger partial charge is 0.369 e. The number of thioether (sulfide) groups is 1. The van der Waals surface area contributed by atoms with Gasteiger partial charge in [0.05, 0.1) is 10.6 Å². The van der Waals surface area contributed by atoms with Gasteiger partial charge < -0.3 is 10.2 Å². The lowest BCUT2D eigenvalue weighted by Gasteiger charge is -2.34. The molecule has 116 valence electrons. The fourth-order valence-corrected chi connectivity index (χ4v) is 4.01. The molecule has 4 nitrogen and oxygen atoms in total. The van der Waals surface area contributed by atoms with Crippen molar-refractivity contribution in [3.8, 4) is 0 Å². The number of carbonyl (C=O) groups is 1. The molecular weight excluding hydrogens is 306 g/mol. The fourth-order valence-electron chi connectivity index (χ4n) is 2.45. The molecule has 0 spiro atoms. The Morgan fingerprint density at radius 3 is 2.71 bits per heavy atom. The first-order chi connectivity index (χ1) is 10.0. The van der Waals surface area contributed by atoms with E-state index in [1.54, 1.807) is 12.3 Å². The van der Waals surface area contributed by atoms with Gasteiger partial charge in [-0.15, -0.1) is 0 Å². The third-order valence-corrected chi connectivity index (χ3v) is 4.85. The van der Waals surface area contributed by atoms with Crippen LogP contribution in [-0.2, 0) is 0 Å². The van der Waals surface area contributed by atoms with Crippen LogP contribution in [0.5, 0.6) is 0 Å². The van der Waals surface area contributed by atoms with Crippen LogP contribution in [0, 0.1) is 0 Å². The highest BCUT2D eigenvalue weighted by Crippen LogP contribution is 2.27. The molecule has 0 radical (unpaired) electrons. The van der Waals surface area contributed by atoms with Crippen molar-refractivity contribution < 1.29 is 4.79 Å². The van der Waals surface area contributed by atoms with Crippen LogP contribution in [0.4, 0.5) is 5.82 Å². The molecule has 0 bridgehead atoms. The van der Waals surface area contributed by atoms with Crippen LogP contribution in [0.1, 0.15) is 37.6 Å². The molecule has 2 unspecified atom stereocenters. The average Bonchev–Trinajstić information content (AvgIpc) is 2.44. The molecule has 2 atom stereocenters. The first-order valence-corrected chi connectivity index (χ1v) is 8.67. The van der Waals surface area contributed by atoms with E-state index in [-0.39, 0.29) is 5.91 Å². The summed E-state index contributed by atoms with van der Waals surface area (Å²) in [6.07, 6.45) is 2.61. The van der Waals surface area contributed by atoms with Gasteiger partial charge >= 0.3 is 0 Å². The van der Waals surface area contributed by atoms with Crippen molar-refractivity contribution in [2.45, 2.75) is 37.7 Å². The van der Waals surface area contributed by atoms with E-state index in [0.29, 0.717) is 26.9 Å². The Balaban J connectivity index is 2.10. The van der Waals surface area contributed by atoms with Gasteiger partial charge in [-0.2, -0.15) is 11.8 Å². The smallest absolute Gasteiger partial charge is 0.255 e. The van der Waals surface area contributed by atoms with E-state index in [1.807, 2.05) is 16.7 Å². The minimum Gasteiger partial charge on any atom is -0.369 e. The molecule has 0 aliphatic carbocycles. The SMILES string of the molecule is CCCNc1ncc(C(=O)N2CC(C)SC(C)C2)cc1Cl. The van der Waals surface area contributed by atoms with E-state index in [1.165, 1.54) is 0 Å². The van der Waals surface area contributed by atoms with Gasteiger partial charge in [0.1, 0.15) is 5.82 Å². The topological polar surface area (TPSA) is 45.2 Å². The number of amides is 1. The van der Waals surface area contributed by atoms with Gasteiger partial charge in [0.25, 0.3) is 5.91 Å². The van der Waals surface area contributed by atoms with E-state index in [0.717, 1.165) is 26.1 Å². The molecule has 21 heavy (non-hydrogen) atoms. The highest BCUT2D eigenvalue weighted by molar-refractivity contribution is 8.00. The number of hydrogen-bond acceptors (Lipinski definition) is 4. The lowest BCUT2D eigenvalue weighted by atomic mass is 10.2. The maximum atomic E-state index is 12.6. The molecular formula is C15H22ClN3OS. The van der Waals surface area contributed by atoms with Crippen LogP contribution >= 0.6 is 23.4 Å². The molecule has 1 N–H and O–H groups in total. The first-order valence-electron chi connectivity index (χ1n) is 7.35. The van der Waals surface area contributed by atoms with Gasteiger partial charge in [-0.05, 0) is 12.5 Å². The number of carbonyl (C=O) groups excluding carboxylic acids is 1. The number of pyridine rings is 1. The van der Waals surface area contributed by atoms with Crippen molar-refractivity contribution in [1.29, 1.82) is 0 Å². The molecule has 1 amide bonds. The first kappa shape index (κ1) is 16.4. The normalized spacial score (nSPS) is 22.2. The highest BCUT2D eigenvalue weighted by Gasteiger charge is 2.27. The van der Waals surface area contributed by atoms with Gasteiger partial charge in [-0.1, -0.05) is 32.4 Å². The van der Waals surface area contributed by atoms with E-state index >= 15 is 0 Å². The minimum atomic E-state index is 0.0189. The summed E-state index contributed by atoms with van der Waals surface area (Å²) in [7, 11) is 0. The second-order valence-electron chi connectivity index (χ2n) is 5.45. The van der Waals surface area contributed by atoms with Gasteiger partial charge in [0, 0.05) is 36.3 Å². The zero-order valence-corrected chi connectivity index (χ0v) is 14.3. The molecule has 1 aliphatic rings. The standard InChI is InChI=1S/C15H22ClN3OS/c1-4-5-17-14-13(16)6-12(7-18-14)15(20)19-8-10(2)21-11(3)9-19/h6-7,10-11H,4-5,8-9H2,1-3H3,(H,17,18). The monoisotopic (exact) mass is 327 g/mol. The summed E-state index contributed by atoms with van der Waals surface area (Å²) in [5, 5.41) is 4.58. The summed E-state index contributed by atoms with van der Waals surface area (Å²) in [6.45, 7) is 8.77. The van der Waals surface area contributed by atoms with Crippen LogP contribution in [-0.4, -0.2) is 45.9 Å². The van der Waals surface area contributed by atoms with Gasteiger partial charge in [-0.3, -0.25) is 4.79 Å². The van der Waals surface area contributed by atoms with Crippen molar-refractivity contribution in [3.05, 3.63) is 22.8 Å². The van der Waals surface area contributed by atoms with Crippen LogP contribution in [0.15, 0.2) is 12.3 Å². The Hall–Kier alpha value is -0.940. The third kappa shape index (κ3) is 4.27. The number of halogens is 1. The molecule has 6 heteroatoms. The molecule has 2 heterocycles. The maximum Gasteiger partial charge on any atom is 0.255 e. The van der Waals surface area contributed by atoms with Crippen LogP contribution < -0.4 is 5.32 Å². The van der Waals surface area contributed by atoms with Crippen LogP contribution in [0.3, 0.4) is 0 Å². The molecule has 1 aromatic heterocycles. The molecule has 0 aromatic carbocycles. The zero-order valence-electron chi connectivity index (χ0n) is 12.7. The van der Waals surface area contributed by atoms with Gasteiger partial charge in [0.15, 0.2) is 0 Å². The number of nitrogens with zero attached hydrogens (tertiary/aromatic N) is 2. The quantitative estimate of drug-likeness (QED) is 0.919. The second kappa shape index (κ2) is 7.36. The molecule has 1 aromatic rings. The predicted octanol–water partition coefficient (Wildman–Crippen LogP) is 3.52. The number of aromatic nitrogens is 1. The summed E-state index contributed by atoms with van der Waals surface area (Å²) < 4.78 is 0. The lowest BCUT2D eigenvalue weighted by Crippen LogP contribution is -2.44.